The van der Waals surface area contributed by atoms with Crippen LogP contribution in [-0.2, 0) is 4.79 Å². The maximum Gasteiger partial charge on any atom is 0.236 e. The van der Waals surface area contributed by atoms with Crippen LogP contribution in [0.4, 0.5) is 0 Å². The Morgan fingerprint density at radius 1 is 1.56 bits per heavy atom. The first-order chi connectivity index (χ1) is 7.72. The smallest absolute Gasteiger partial charge is 0.236 e. The second-order valence-corrected chi connectivity index (χ2v) is 4.92. The van der Waals surface area contributed by atoms with Crippen LogP contribution < -0.4 is 5.73 Å². The van der Waals surface area contributed by atoms with E-state index in [-0.39, 0.29) is 18.5 Å². The van der Waals surface area contributed by atoms with Gasteiger partial charge in [-0.25, -0.2) is 0 Å². The van der Waals surface area contributed by atoms with Crippen LogP contribution in [-0.4, -0.2) is 23.9 Å². The molecule has 0 aliphatic carbocycles. The van der Waals surface area contributed by atoms with Crippen molar-refractivity contribution in [1.29, 1.82) is 0 Å². The number of likely N-dealkylation sites (tertiary alicyclic amines) is 1. The molecule has 16 heavy (non-hydrogen) atoms. The Balaban J connectivity index is 2.23. The zero-order valence-corrected chi connectivity index (χ0v) is 10.6. The van der Waals surface area contributed by atoms with Gasteiger partial charge in [-0.1, -0.05) is 28.1 Å². The lowest BCUT2D eigenvalue weighted by molar-refractivity contribution is -0.130. The predicted molar refractivity (Wildman–Crippen MR) is 66.9 cm³/mol. The summed E-state index contributed by atoms with van der Waals surface area (Å²) in [6.07, 6.45) is 2.09. The summed E-state index contributed by atoms with van der Waals surface area (Å²) in [7, 11) is 0. The Morgan fingerprint density at radius 2 is 2.38 bits per heavy atom. The molecule has 1 aromatic rings. The minimum Gasteiger partial charge on any atom is -0.335 e. The third-order valence-electron chi connectivity index (χ3n) is 2.98. The van der Waals surface area contributed by atoms with Gasteiger partial charge in [-0.2, -0.15) is 0 Å². The Hall–Kier alpha value is -0.870. The molecule has 0 saturated carbocycles. The van der Waals surface area contributed by atoms with E-state index in [1.807, 2.05) is 17.0 Å². The van der Waals surface area contributed by atoms with Gasteiger partial charge in [0.15, 0.2) is 0 Å². The van der Waals surface area contributed by atoms with E-state index in [0.717, 1.165) is 23.9 Å². The van der Waals surface area contributed by atoms with Gasteiger partial charge in [-0.05, 0) is 30.5 Å². The lowest BCUT2D eigenvalue weighted by Crippen LogP contribution is -2.35. The molecule has 0 radical (unpaired) electrons. The molecule has 1 heterocycles. The number of benzene rings is 1. The third-order valence-corrected chi connectivity index (χ3v) is 3.47. The fourth-order valence-electron chi connectivity index (χ4n) is 2.24. The third kappa shape index (κ3) is 2.28. The molecule has 1 saturated heterocycles. The van der Waals surface area contributed by atoms with Crippen molar-refractivity contribution in [2.45, 2.75) is 18.9 Å². The fourth-order valence-corrected chi connectivity index (χ4v) is 2.66. The SMILES string of the molecule is NCC(=O)N1CCCC1c1cccc(Br)c1. The molecule has 2 N–H and O–H groups in total. The molecular formula is C12H15BrN2O. The van der Waals surface area contributed by atoms with Crippen molar-refractivity contribution >= 4 is 21.8 Å². The number of hydrogen-bond donors (Lipinski definition) is 1. The monoisotopic (exact) mass is 282 g/mol. The van der Waals surface area contributed by atoms with E-state index in [1.54, 1.807) is 0 Å². The fraction of sp³-hybridized carbons (Fsp3) is 0.417. The van der Waals surface area contributed by atoms with Crippen LogP contribution in [0.1, 0.15) is 24.4 Å². The van der Waals surface area contributed by atoms with E-state index in [2.05, 4.69) is 28.1 Å². The van der Waals surface area contributed by atoms with Crippen molar-refractivity contribution in [1.82, 2.24) is 4.90 Å². The van der Waals surface area contributed by atoms with Gasteiger partial charge in [-0.3, -0.25) is 4.79 Å². The first-order valence-electron chi connectivity index (χ1n) is 5.47. The lowest BCUT2D eigenvalue weighted by Gasteiger charge is -2.24. The first kappa shape index (κ1) is 11.6. The summed E-state index contributed by atoms with van der Waals surface area (Å²) in [5.41, 5.74) is 6.61. The molecular weight excluding hydrogens is 268 g/mol. The average Bonchev–Trinajstić information content (AvgIpc) is 2.77. The van der Waals surface area contributed by atoms with E-state index in [4.69, 9.17) is 5.73 Å². The summed E-state index contributed by atoms with van der Waals surface area (Å²) >= 11 is 3.46. The molecule has 3 nitrogen and oxygen atoms in total. The highest BCUT2D eigenvalue weighted by atomic mass is 79.9. The maximum atomic E-state index is 11.7. The molecule has 0 aromatic heterocycles. The molecule has 1 unspecified atom stereocenters. The highest BCUT2D eigenvalue weighted by molar-refractivity contribution is 9.10. The van der Waals surface area contributed by atoms with Gasteiger partial charge in [0.05, 0.1) is 12.6 Å². The van der Waals surface area contributed by atoms with Crippen LogP contribution in [0.15, 0.2) is 28.7 Å². The van der Waals surface area contributed by atoms with Crippen molar-refractivity contribution in [3.63, 3.8) is 0 Å². The number of carbonyl (C=O) groups excluding carboxylic acids is 1. The number of amides is 1. The predicted octanol–water partition coefficient (Wildman–Crippen LogP) is 2.07. The summed E-state index contributed by atoms with van der Waals surface area (Å²) < 4.78 is 1.05. The van der Waals surface area contributed by atoms with Crippen molar-refractivity contribution in [3.05, 3.63) is 34.3 Å². The lowest BCUT2D eigenvalue weighted by atomic mass is 10.0. The summed E-state index contributed by atoms with van der Waals surface area (Å²) in [4.78, 5) is 13.6. The van der Waals surface area contributed by atoms with Crippen molar-refractivity contribution in [2.24, 2.45) is 5.73 Å². The van der Waals surface area contributed by atoms with Crippen molar-refractivity contribution in [3.8, 4) is 0 Å². The standard InChI is InChI=1S/C12H15BrN2O/c13-10-4-1-3-9(7-10)11-5-2-6-15(11)12(16)8-14/h1,3-4,7,11H,2,5-6,8,14H2. The van der Waals surface area contributed by atoms with E-state index >= 15 is 0 Å². The Bertz CT molecular complexity index is 394. The van der Waals surface area contributed by atoms with Gasteiger partial charge in [0, 0.05) is 11.0 Å². The van der Waals surface area contributed by atoms with Crippen LogP contribution in [0.5, 0.6) is 0 Å². The first-order valence-corrected chi connectivity index (χ1v) is 6.26. The number of halogens is 1. The van der Waals surface area contributed by atoms with Crippen LogP contribution in [0.3, 0.4) is 0 Å². The van der Waals surface area contributed by atoms with E-state index < -0.39 is 0 Å². The summed E-state index contributed by atoms with van der Waals surface area (Å²) in [6, 6.07) is 8.34. The van der Waals surface area contributed by atoms with E-state index in [0.29, 0.717) is 0 Å². The van der Waals surface area contributed by atoms with Gasteiger partial charge in [0.25, 0.3) is 0 Å². The highest BCUT2D eigenvalue weighted by Gasteiger charge is 2.28. The molecule has 0 bridgehead atoms. The highest BCUT2D eigenvalue weighted by Crippen LogP contribution is 2.32. The normalized spacial score (nSPS) is 20.1. The van der Waals surface area contributed by atoms with Crippen LogP contribution in [0.25, 0.3) is 0 Å². The largest absolute Gasteiger partial charge is 0.335 e. The van der Waals surface area contributed by atoms with Crippen LogP contribution >= 0.6 is 15.9 Å². The molecule has 2 rings (SSSR count). The molecule has 1 aliphatic heterocycles. The van der Waals surface area contributed by atoms with Crippen molar-refractivity contribution in [2.75, 3.05) is 13.1 Å². The van der Waals surface area contributed by atoms with Crippen LogP contribution in [0.2, 0.25) is 0 Å². The zero-order chi connectivity index (χ0) is 11.5. The molecule has 4 heteroatoms. The Labute approximate surface area is 104 Å². The minimum absolute atomic E-state index is 0.0440. The van der Waals surface area contributed by atoms with E-state index in [1.165, 1.54) is 5.56 Å². The van der Waals surface area contributed by atoms with Gasteiger partial charge in [-0.15, -0.1) is 0 Å². The Morgan fingerprint density at radius 3 is 3.06 bits per heavy atom. The van der Waals surface area contributed by atoms with E-state index in [9.17, 15) is 4.79 Å². The molecule has 1 amide bonds. The second kappa shape index (κ2) is 4.97. The Kier molecular flexibility index (Phi) is 3.61. The molecule has 1 atom stereocenters. The topological polar surface area (TPSA) is 46.3 Å². The molecule has 1 aromatic carbocycles. The second-order valence-electron chi connectivity index (χ2n) is 4.00. The maximum absolute atomic E-state index is 11.7. The number of nitrogens with two attached hydrogens (primary N) is 1. The summed E-state index contributed by atoms with van der Waals surface area (Å²) in [5.74, 6) is 0.0440. The molecule has 1 fully saturated rings. The summed E-state index contributed by atoms with van der Waals surface area (Å²) in [5, 5.41) is 0. The van der Waals surface area contributed by atoms with Gasteiger partial charge >= 0.3 is 0 Å². The molecule has 1 aliphatic rings. The average molecular weight is 283 g/mol. The minimum atomic E-state index is 0.0440. The molecule has 0 spiro atoms. The van der Waals surface area contributed by atoms with Crippen LogP contribution in [0, 0.1) is 0 Å². The van der Waals surface area contributed by atoms with Gasteiger partial charge in [0.1, 0.15) is 0 Å². The number of rotatable bonds is 2. The van der Waals surface area contributed by atoms with Gasteiger partial charge in [0.2, 0.25) is 5.91 Å². The quantitative estimate of drug-likeness (QED) is 0.903. The number of hydrogen-bond acceptors (Lipinski definition) is 2. The molecule has 86 valence electrons. The number of carbonyl (C=O) groups is 1. The number of nitrogens with zero attached hydrogens (tertiary/aromatic N) is 1. The van der Waals surface area contributed by atoms with Gasteiger partial charge < -0.3 is 10.6 Å². The van der Waals surface area contributed by atoms with Crippen molar-refractivity contribution < 1.29 is 4.79 Å². The zero-order valence-electron chi connectivity index (χ0n) is 9.03. The summed E-state index contributed by atoms with van der Waals surface area (Å²) in [6.45, 7) is 0.928.